The molecule has 2 rings (SSSR count). The van der Waals surface area contributed by atoms with Gasteiger partial charge in [-0.2, -0.15) is 0 Å². The van der Waals surface area contributed by atoms with Crippen LogP contribution in [-0.4, -0.2) is 16.1 Å². The molecule has 0 aliphatic heterocycles. The molecule has 1 aromatic carbocycles. The van der Waals surface area contributed by atoms with Gasteiger partial charge in [0.25, 0.3) is 0 Å². The van der Waals surface area contributed by atoms with Crippen LogP contribution in [-0.2, 0) is 0 Å². The van der Waals surface area contributed by atoms with Crippen LogP contribution in [0.2, 0.25) is 0 Å². The molecule has 0 fully saturated rings. The van der Waals surface area contributed by atoms with Crippen molar-refractivity contribution in [2.45, 2.75) is 0 Å². The minimum Gasteiger partial charge on any atom is -0.506 e. The number of pyridine rings is 1. The number of urea groups is 1. The fraction of sp³-hybridized carbons (Fsp3) is 0. The molecule has 5 heteroatoms. The molecule has 2 amide bonds. The number of primary amides is 2. The van der Waals surface area contributed by atoms with E-state index in [-0.39, 0.29) is 5.75 Å². The second kappa shape index (κ2) is 4.80. The zero-order valence-corrected chi connectivity index (χ0v) is 7.92. The summed E-state index contributed by atoms with van der Waals surface area (Å²) in [7, 11) is 0. The Kier molecular flexibility index (Phi) is 3.45. The molecule has 0 saturated heterocycles. The first-order valence-electron chi connectivity index (χ1n) is 4.19. The number of nitrogens with zero attached hydrogens (tertiary/aromatic N) is 1. The molecule has 0 spiro atoms. The molecule has 1 heterocycles. The topological polar surface area (TPSA) is 102 Å². The predicted octanol–water partition coefficient (Wildman–Crippen LogP) is 0.964. The maximum atomic E-state index is 9.31. The molecule has 0 atom stereocenters. The lowest BCUT2D eigenvalue weighted by Gasteiger charge is -1.96. The molecule has 78 valence electrons. The van der Waals surface area contributed by atoms with Gasteiger partial charge in [-0.15, -0.1) is 0 Å². The maximum Gasteiger partial charge on any atom is 0.309 e. The van der Waals surface area contributed by atoms with Crippen molar-refractivity contribution in [2.75, 3.05) is 0 Å². The van der Waals surface area contributed by atoms with Gasteiger partial charge in [0.1, 0.15) is 11.3 Å². The third-order valence-electron chi connectivity index (χ3n) is 1.61. The highest BCUT2D eigenvalue weighted by Crippen LogP contribution is 2.20. The average Bonchev–Trinajstić information content (AvgIpc) is 2.18. The molecule has 1 aromatic heterocycles. The Labute approximate surface area is 86.3 Å². The van der Waals surface area contributed by atoms with Gasteiger partial charge < -0.3 is 16.6 Å². The van der Waals surface area contributed by atoms with Gasteiger partial charge in [0.15, 0.2) is 0 Å². The van der Waals surface area contributed by atoms with Crippen LogP contribution >= 0.6 is 0 Å². The summed E-state index contributed by atoms with van der Waals surface area (Å²) in [5.41, 5.74) is 9.16. The van der Waals surface area contributed by atoms with Crippen molar-refractivity contribution in [1.29, 1.82) is 0 Å². The predicted molar refractivity (Wildman–Crippen MR) is 57.2 cm³/mol. The van der Waals surface area contributed by atoms with Crippen LogP contribution in [0, 0.1) is 0 Å². The van der Waals surface area contributed by atoms with E-state index in [1.54, 1.807) is 18.3 Å². The van der Waals surface area contributed by atoms with Crippen molar-refractivity contribution < 1.29 is 9.90 Å². The molecular weight excluding hydrogens is 194 g/mol. The Balaban J connectivity index is 0.000000245. The minimum atomic E-state index is -0.833. The smallest absolute Gasteiger partial charge is 0.309 e. The fourth-order valence-corrected chi connectivity index (χ4v) is 1.09. The molecular formula is C10H11N3O2. The Bertz CT molecular complexity index is 462. The number of para-hydroxylation sites is 1. The molecule has 0 bridgehead atoms. The lowest BCUT2D eigenvalue weighted by Crippen LogP contribution is -2.18. The van der Waals surface area contributed by atoms with Crippen molar-refractivity contribution in [3.63, 3.8) is 0 Å². The molecule has 2 aromatic rings. The van der Waals surface area contributed by atoms with Crippen LogP contribution < -0.4 is 11.5 Å². The van der Waals surface area contributed by atoms with E-state index >= 15 is 0 Å². The summed E-state index contributed by atoms with van der Waals surface area (Å²) in [6, 6.07) is 8.29. The van der Waals surface area contributed by atoms with E-state index in [0.29, 0.717) is 5.52 Å². The highest BCUT2D eigenvalue weighted by Gasteiger charge is 1.96. The van der Waals surface area contributed by atoms with E-state index in [9.17, 15) is 5.11 Å². The van der Waals surface area contributed by atoms with Gasteiger partial charge in [0, 0.05) is 11.6 Å². The number of benzene rings is 1. The number of carbonyl (C=O) groups is 1. The second-order valence-corrected chi connectivity index (χ2v) is 2.75. The first-order chi connectivity index (χ1) is 7.11. The van der Waals surface area contributed by atoms with Gasteiger partial charge in [-0.05, 0) is 12.1 Å². The maximum absolute atomic E-state index is 9.31. The largest absolute Gasteiger partial charge is 0.506 e. The normalized spacial score (nSPS) is 9.07. The lowest BCUT2D eigenvalue weighted by atomic mass is 10.2. The van der Waals surface area contributed by atoms with Crippen molar-refractivity contribution >= 4 is 16.9 Å². The van der Waals surface area contributed by atoms with Crippen molar-refractivity contribution in [3.8, 4) is 5.75 Å². The van der Waals surface area contributed by atoms with E-state index < -0.39 is 6.03 Å². The van der Waals surface area contributed by atoms with Crippen molar-refractivity contribution in [3.05, 3.63) is 36.5 Å². The van der Waals surface area contributed by atoms with Crippen LogP contribution in [0.3, 0.4) is 0 Å². The molecule has 0 unspecified atom stereocenters. The number of aromatic nitrogens is 1. The summed E-state index contributed by atoms with van der Waals surface area (Å²) in [5.74, 6) is 0.239. The number of hydrogen-bond donors (Lipinski definition) is 3. The van der Waals surface area contributed by atoms with Crippen molar-refractivity contribution in [2.24, 2.45) is 11.5 Å². The van der Waals surface area contributed by atoms with Gasteiger partial charge in [-0.25, -0.2) is 4.79 Å². The van der Waals surface area contributed by atoms with Gasteiger partial charge >= 0.3 is 6.03 Å². The van der Waals surface area contributed by atoms with E-state index in [0.717, 1.165) is 5.39 Å². The van der Waals surface area contributed by atoms with E-state index in [4.69, 9.17) is 4.79 Å². The first-order valence-corrected chi connectivity index (χ1v) is 4.19. The highest BCUT2D eigenvalue weighted by atomic mass is 16.3. The third-order valence-corrected chi connectivity index (χ3v) is 1.61. The fourth-order valence-electron chi connectivity index (χ4n) is 1.09. The number of amides is 2. The monoisotopic (exact) mass is 205 g/mol. The molecule has 5 N–H and O–H groups in total. The number of carbonyl (C=O) groups excluding carboxylic acids is 1. The summed E-state index contributed by atoms with van der Waals surface area (Å²) in [5, 5.41) is 10.3. The first kappa shape index (κ1) is 10.8. The number of rotatable bonds is 0. The quantitative estimate of drug-likeness (QED) is 0.596. The van der Waals surface area contributed by atoms with E-state index in [1.807, 2.05) is 18.2 Å². The number of fused-ring (bicyclic) bond motifs is 1. The van der Waals surface area contributed by atoms with Gasteiger partial charge in [-0.1, -0.05) is 18.2 Å². The summed E-state index contributed by atoms with van der Waals surface area (Å²) in [4.78, 5) is 13.0. The Hall–Kier alpha value is -2.30. The van der Waals surface area contributed by atoms with Crippen LogP contribution in [0.5, 0.6) is 5.75 Å². The summed E-state index contributed by atoms with van der Waals surface area (Å²) in [6.07, 6.45) is 1.67. The molecule has 0 saturated carbocycles. The van der Waals surface area contributed by atoms with Crippen LogP contribution in [0.1, 0.15) is 0 Å². The van der Waals surface area contributed by atoms with E-state index in [2.05, 4.69) is 16.5 Å². The number of phenolic OH excluding ortho intramolecular Hbond substituents is 1. The molecule has 0 aliphatic carbocycles. The lowest BCUT2D eigenvalue weighted by molar-refractivity contribution is 0.256. The number of hydrogen-bond acceptors (Lipinski definition) is 3. The Morgan fingerprint density at radius 3 is 2.40 bits per heavy atom. The minimum absolute atomic E-state index is 0.239. The van der Waals surface area contributed by atoms with Gasteiger partial charge in [-0.3, -0.25) is 4.98 Å². The summed E-state index contributed by atoms with van der Waals surface area (Å²) < 4.78 is 0. The standard InChI is InChI=1S/C9H7NO.CH4N2O/c11-8-5-1-3-7-4-2-6-10-9(7)8;2-1(3)4/h1-6,11H;(H4,2,3,4). The Morgan fingerprint density at radius 2 is 1.80 bits per heavy atom. The van der Waals surface area contributed by atoms with Crippen molar-refractivity contribution in [1.82, 2.24) is 4.98 Å². The number of aromatic hydroxyl groups is 1. The molecule has 15 heavy (non-hydrogen) atoms. The number of phenols is 1. The molecule has 0 aliphatic rings. The van der Waals surface area contributed by atoms with Gasteiger partial charge in [0.05, 0.1) is 0 Å². The third kappa shape index (κ3) is 3.15. The van der Waals surface area contributed by atoms with Crippen LogP contribution in [0.15, 0.2) is 36.5 Å². The van der Waals surface area contributed by atoms with Crippen LogP contribution in [0.4, 0.5) is 4.79 Å². The zero-order valence-electron chi connectivity index (χ0n) is 7.92. The van der Waals surface area contributed by atoms with E-state index in [1.165, 1.54) is 0 Å². The summed E-state index contributed by atoms with van der Waals surface area (Å²) in [6.45, 7) is 0. The van der Waals surface area contributed by atoms with Gasteiger partial charge in [0.2, 0.25) is 0 Å². The zero-order chi connectivity index (χ0) is 11.3. The second-order valence-electron chi connectivity index (χ2n) is 2.75. The Morgan fingerprint density at radius 1 is 1.20 bits per heavy atom. The molecule has 0 radical (unpaired) electrons. The number of nitrogens with two attached hydrogens (primary N) is 2. The molecule has 5 nitrogen and oxygen atoms in total. The highest BCUT2D eigenvalue weighted by molar-refractivity contribution is 5.83. The SMILES string of the molecule is NC(N)=O.Oc1cccc2cccnc12. The summed E-state index contributed by atoms with van der Waals surface area (Å²) >= 11 is 0. The average molecular weight is 205 g/mol. The van der Waals surface area contributed by atoms with Crippen LogP contribution in [0.25, 0.3) is 10.9 Å².